The molecular weight excluding hydrogens is 208 g/mol. The smallest absolute Gasteiger partial charge is 0.335 e. The Morgan fingerprint density at radius 3 is 2.25 bits per heavy atom. The zero-order chi connectivity index (χ0) is 12.0. The molecule has 1 rings (SSSR count). The zero-order valence-corrected chi connectivity index (χ0v) is 8.03. The highest BCUT2D eigenvalue weighted by molar-refractivity contribution is 5.87. The predicted octanol–water partition coefficient (Wildman–Crippen LogP) is 1.88. The summed E-state index contributed by atoms with van der Waals surface area (Å²) in [5.74, 6) is -1.03. The number of carbonyl (C=O) groups is 1. The number of rotatable bonds is 3. The van der Waals surface area contributed by atoms with Crippen LogP contribution in [0.1, 0.15) is 10.4 Å². The summed E-state index contributed by atoms with van der Waals surface area (Å²) in [5, 5.41) is 32.6. The molecule has 0 radical (unpaired) electrons. The lowest BCUT2D eigenvalue weighted by molar-refractivity contribution is 0.0697. The third kappa shape index (κ3) is 2.89. The second-order valence-electron chi connectivity index (χ2n) is 2.73. The summed E-state index contributed by atoms with van der Waals surface area (Å²) >= 11 is 0. The maximum absolute atomic E-state index is 10.5. The fourth-order valence-corrected chi connectivity index (χ4v) is 0.876. The lowest BCUT2D eigenvalue weighted by Gasteiger charge is -1.94. The average Bonchev–Trinajstić information content (AvgIpc) is 2.31. The average molecular weight is 214 g/mol. The van der Waals surface area contributed by atoms with E-state index in [-0.39, 0.29) is 5.56 Å². The Hall–Kier alpha value is -2.73. The van der Waals surface area contributed by atoms with Gasteiger partial charge in [0.25, 0.3) is 0 Å². The Labute approximate surface area is 91.1 Å². The van der Waals surface area contributed by atoms with Gasteiger partial charge in [-0.1, -0.05) is 0 Å². The molecule has 6 heteroatoms. The highest BCUT2D eigenvalue weighted by Crippen LogP contribution is 2.14. The molecule has 0 atom stereocenters. The summed E-state index contributed by atoms with van der Waals surface area (Å²) < 4.78 is 0. The zero-order valence-electron chi connectivity index (χ0n) is 8.03. The van der Waals surface area contributed by atoms with Gasteiger partial charge in [0.15, 0.2) is 0 Å². The SMILES string of the molecule is N#CC(C#N)N=Nc1ccc(C(=O)O)cc1. The van der Waals surface area contributed by atoms with Gasteiger partial charge in [0, 0.05) is 0 Å². The highest BCUT2D eigenvalue weighted by Gasteiger charge is 2.02. The van der Waals surface area contributed by atoms with Crippen molar-refractivity contribution in [1.29, 1.82) is 10.5 Å². The third-order valence-electron chi connectivity index (χ3n) is 1.65. The van der Waals surface area contributed by atoms with Gasteiger partial charge in [-0.05, 0) is 24.3 Å². The van der Waals surface area contributed by atoms with Crippen LogP contribution in [0.3, 0.4) is 0 Å². The molecule has 0 unspecified atom stereocenters. The Morgan fingerprint density at radius 2 is 1.81 bits per heavy atom. The van der Waals surface area contributed by atoms with Crippen molar-refractivity contribution in [3.8, 4) is 12.1 Å². The number of nitrogens with zero attached hydrogens (tertiary/aromatic N) is 4. The number of hydrogen-bond donors (Lipinski definition) is 1. The summed E-state index contributed by atoms with van der Waals surface area (Å²) in [4.78, 5) is 10.5. The number of nitriles is 2. The van der Waals surface area contributed by atoms with Gasteiger partial charge >= 0.3 is 5.97 Å². The maximum Gasteiger partial charge on any atom is 0.335 e. The lowest BCUT2D eigenvalue weighted by Crippen LogP contribution is -1.94. The molecule has 0 aliphatic heterocycles. The summed E-state index contributed by atoms with van der Waals surface area (Å²) in [7, 11) is 0. The van der Waals surface area contributed by atoms with Crippen molar-refractivity contribution in [2.24, 2.45) is 10.2 Å². The van der Waals surface area contributed by atoms with Crippen LogP contribution in [-0.2, 0) is 0 Å². The van der Waals surface area contributed by atoms with Crippen molar-refractivity contribution in [2.75, 3.05) is 0 Å². The molecule has 0 bridgehead atoms. The van der Waals surface area contributed by atoms with Crippen molar-refractivity contribution in [3.63, 3.8) is 0 Å². The van der Waals surface area contributed by atoms with Crippen LogP contribution in [0.25, 0.3) is 0 Å². The van der Waals surface area contributed by atoms with Crippen molar-refractivity contribution in [3.05, 3.63) is 29.8 Å². The number of azo groups is 1. The van der Waals surface area contributed by atoms with E-state index in [0.29, 0.717) is 5.69 Å². The van der Waals surface area contributed by atoms with E-state index in [1.807, 2.05) is 0 Å². The van der Waals surface area contributed by atoms with Crippen molar-refractivity contribution >= 4 is 11.7 Å². The summed E-state index contributed by atoms with van der Waals surface area (Å²) in [6.07, 6.45) is 0. The van der Waals surface area contributed by atoms with Crippen molar-refractivity contribution in [2.45, 2.75) is 6.04 Å². The molecule has 1 N–H and O–H groups in total. The van der Waals surface area contributed by atoms with Crippen LogP contribution in [0, 0.1) is 22.7 Å². The van der Waals surface area contributed by atoms with E-state index in [2.05, 4.69) is 10.2 Å². The Morgan fingerprint density at radius 1 is 1.25 bits per heavy atom. The molecule has 0 aromatic heterocycles. The summed E-state index contributed by atoms with van der Waals surface area (Å²) in [6.45, 7) is 0. The van der Waals surface area contributed by atoms with Crippen molar-refractivity contribution in [1.82, 2.24) is 0 Å². The Kier molecular flexibility index (Phi) is 3.71. The van der Waals surface area contributed by atoms with Gasteiger partial charge in [0.1, 0.15) is 12.1 Å². The molecule has 0 aliphatic carbocycles. The van der Waals surface area contributed by atoms with Gasteiger partial charge in [0.2, 0.25) is 6.04 Å². The molecule has 1 aromatic rings. The van der Waals surface area contributed by atoms with Gasteiger partial charge in [0.05, 0.1) is 11.3 Å². The van der Waals surface area contributed by atoms with E-state index in [4.69, 9.17) is 15.6 Å². The molecule has 0 aliphatic rings. The van der Waals surface area contributed by atoms with Gasteiger partial charge in [-0.25, -0.2) is 4.79 Å². The first-order valence-corrected chi connectivity index (χ1v) is 4.21. The molecule has 0 saturated heterocycles. The minimum atomic E-state index is -1.14. The molecule has 16 heavy (non-hydrogen) atoms. The molecule has 0 heterocycles. The Balaban J connectivity index is 2.81. The van der Waals surface area contributed by atoms with Gasteiger partial charge in [-0.2, -0.15) is 20.8 Å². The summed E-state index contributed by atoms with van der Waals surface area (Å²) in [5.41, 5.74) is 0.525. The Bertz CT molecular complexity index is 479. The third-order valence-corrected chi connectivity index (χ3v) is 1.65. The van der Waals surface area contributed by atoms with E-state index in [1.165, 1.54) is 24.3 Å². The van der Waals surface area contributed by atoms with Crippen LogP contribution in [0.2, 0.25) is 0 Å². The quantitative estimate of drug-likeness (QED) is 0.774. The normalized spacial score (nSPS) is 9.94. The van der Waals surface area contributed by atoms with Crippen LogP contribution < -0.4 is 0 Å². The molecule has 0 saturated carbocycles. The minimum absolute atomic E-state index is 0.135. The second kappa shape index (κ2) is 5.23. The lowest BCUT2D eigenvalue weighted by atomic mass is 10.2. The first-order chi connectivity index (χ1) is 7.67. The summed E-state index contributed by atoms with van der Waals surface area (Å²) in [6, 6.07) is 7.75. The van der Waals surface area contributed by atoms with Gasteiger partial charge in [-0.15, -0.1) is 0 Å². The number of aromatic carboxylic acids is 1. The number of hydrogen-bond acceptors (Lipinski definition) is 5. The number of carboxylic acid groups (broad SMARTS) is 1. The van der Waals surface area contributed by atoms with E-state index in [9.17, 15) is 4.79 Å². The molecule has 0 fully saturated rings. The van der Waals surface area contributed by atoms with Crippen LogP contribution in [0.4, 0.5) is 5.69 Å². The molecule has 78 valence electrons. The van der Waals surface area contributed by atoms with Crippen LogP contribution >= 0.6 is 0 Å². The van der Waals surface area contributed by atoms with E-state index < -0.39 is 12.0 Å². The topological polar surface area (TPSA) is 110 Å². The van der Waals surface area contributed by atoms with Crippen LogP contribution in [0.15, 0.2) is 34.5 Å². The highest BCUT2D eigenvalue weighted by atomic mass is 16.4. The maximum atomic E-state index is 10.5. The molecular formula is C10H6N4O2. The first kappa shape index (κ1) is 11.3. The molecule has 1 aromatic carbocycles. The largest absolute Gasteiger partial charge is 0.478 e. The van der Waals surface area contributed by atoms with Gasteiger partial charge < -0.3 is 5.11 Å². The second-order valence-corrected chi connectivity index (χ2v) is 2.73. The predicted molar refractivity (Wildman–Crippen MR) is 52.9 cm³/mol. The fourth-order valence-electron chi connectivity index (χ4n) is 0.876. The molecule has 0 spiro atoms. The fraction of sp³-hybridized carbons (Fsp3) is 0.100. The first-order valence-electron chi connectivity index (χ1n) is 4.21. The van der Waals surface area contributed by atoms with E-state index in [0.717, 1.165) is 0 Å². The van der Waals surface area contributed by atoms with Gasteiger partial charge in [-0.3, -0.25) is 0 Å². The minimum Gasteiger partial charge on any atom is -0.478 e. The van der Waals surface area contributed by atoms with Crippen LogP contribution in [-0.4, -0.2) is 17.1 Å². The standard InChI is InChI=1S/C10H6N4O2/c11-5-9(6-12)14-13-8-3-1-7(2-4-8)10(15)16/h1-4,9H,(H,15,16). The number of carboxylic acids is 1. The molecule has 0 amide bonds. The molecule has 6 nitrogen and oxygen atoms in total. The monoisotopic (exact) mass is 214 g/mol. The van der Waals surface area contributed by atoms with Crippen molar-refractivity contribution < 1.29 is 9.90 Å². The number of benzene rings is 1. The van der Waals surface area contributed by atoms with E-state index in [1.54, 1.807) is 12.1 Å². The van der Waals surface area contributed by atoms with E-state index >= 15 is 0 Å². The van der Waals surface area contributed by atoms with Crippen LogP contribution in [0.5, 0.6) is 0 Å².